The van der Waals surface area contributed by atoms with Crippen LogP contribution in [0.5, 0.6) is 0 Å². The monoisotopic (exact) mass is 280 g/mol. The number of benzene rings is 1. The second-order valence-corrected chi connectivity index (χ2v) is 4.21. The molecule has 7 heteroatoms. The summed E-state index contributed by atoms with van der Waals surface area (Å²) < 4.78 is 0. The zero-order valence-corrected chi connectivity index (χ0v) is 10.9. The van der Waals surface area contributed by atoms with Crippen molar-refractivity contribution in [3.8, 4) is 0 Å². The highest BCUT2D eigenvalue weighted by Crippen LogP contribution is 2.03. The molecule has 1 rings (SSSR count). The molecule has 1 unspecified atom stereocenters. The predicted molar refractivity (Wildman–Crippen MR) is 70.2 cm³/mol. The average Bonchev–Trinajstić information content (AvgIpc) is 2.41. The first-order valence-electron chi connectivity index (χ1n) is 5.92. The van der Waals surface area contributed by atoms with E-state index < -0.39 is 30.4 Å². The van der Waals surface area contributed by atoms with Crippen molar-refractivity contribution in [3.05, 3.63) is 35.4 Å². The first-order chi connectivity index (χ1) is 9.40. The van der Waals surface area contributed by atoms with E-state index in [-0.39, 0.29) is 6.54 Å². The van der Waals surface area contributed by atoms with E-state index in [1.54, 1.807) is 18.2 Å². The Morgan fingerprint density at radius 3 is 2.55 bits per heavy atom. The highest BCUT2D eigenvalue weighted by atomic mass is 16.4. The third kappa shape index (κ3) is 5.07. The number of aliphatic hydroxyl groups excluding tert-OH is 1. The molecule has 0 aliphatic heterocycles. The van der Waals surface area contributed by atoms with Gasteiger partial charge in [0.15, 0.2) is 6.10 Å². The van der Waals surface area contributed by atoms with Crippen LogP contribution in [0.4, 0.5) is 0 Å². The molecule has 0 bridgehead atoms. The Morgan fingerprint density at radius 2 is 1.95 bits per heavy atom. The van der Waals surface area contributed by atoms with Crippen LogP contribution in [-0.4, -0.2) is 47.2 Å². The number of nitrogens with one attached hydrogen (secondary N) is 2. The molecule has 0 spiro atoms. The van der Waals surface area contributed by atoms with Gasteiger partial charge < -0.3 is 20.8 Å². The van der Waals surface area contributed by atoms with Gasteiger partial charge in [-0.25, -0.2) is 4.79 Å². The lowest BCUT2D eigenvalue weighted by Gasteiger charge is -2.09. The molecule has 4 N–H and O–H groups in total. The zero-order chi connectivity index (χ0) is 15.1. The highest BCUT2D eigenvalue weighted by Gasteiger charge is 2.14. The van der Waals surface area contributed by atoms with Crippen LogP contribution in [0.15, 0.2) is 24.3 Å². The fourth-order valence-electron chi connectivity index (χ4n) is 1.41. The number of carbonyl (C=O) groups excluding carboxylic acids is 2. The second-order valence-electron chi connectivity index (χ2n) is 4.21. The fourth-order valence-corrected chi connectivity index (χ4v) is 1.41. The van der Waals surface area contributed by atoms with Gasteiger partial charge in [-0.1, -0.05) is 17.7 Å². The third-order valence-corrected chi connectivity index (χ3v) is 2.47. The van der Waals surface area contributed by atoms with Gasteiger partial charge in [-0.2, -0.15) is 0 Å². The molecule has 0 aliphatic rings. The van der Waals surface area contributed by atoms with E-state index in [4.69, 9.17) is 10.2 Å². The molecule has 1 aromatic rings. The van der Waals surface area contributed by atoms with Gasteiger partial charge in [0.25, 0.3) is 5.91 Å². The van der Waals surface area contributed by atoms with Crippen LogP contribution in [0.2, 0.25) is 0 Å². The summed E-state index contributed by atoms with van der Waals surface area (Å²) in [5, 5.41) is 22.0. The van der Waals surface area contributed by atoms with E-state index in [2.05, 4.69) is 10.6 Å². The van der Waals surface area contributed by atoms with Crippen molar-refractivity contribution in [2.45, 2.75) is 13.0 Å². The fraction of sp³-hybridized carbons (Fsp3) is 0.308. The molecule has 0 saturated carbocycles. The topological polar surface area (TPSA) is 116 Å². The summed E-state index contributed by atoms with van der Waals surface area (Å²) in [5.41, 5.74) is 1.36. The van der Waals surface area contributed by atoms with E-state index >= 15 is 0 Å². The minimum Gasteiger partial charge on any atom is -0.479 e. The predicted octanol–water partition coefficient (Wildman–Crippen LogP) is -0.713. The van der Waals surface area contributed by atoms with E-state index in [9.17, 15) is 14.4 Å². The number of aliphatic carboxylic acids is 1. The highest BCUT2D eigenvalue weighted by molar-refractivity contribution is 5.96. The number of hydrogen-bond acceptors (Lipinski definition) is 4. The largest absolute Gasteiger partial charge is 0.479 e. The zero-order valence-electron chi connectivity index (χ0n) is 10.9. The van der Waals surface area contributed by atoms with Crippen LogP contribution in [0.25, 0.3) is 0 Å². The van der Waals surface area contributed by atoms with Crippen LogP contribution in [0.1, 0.15) is 15.9 Å². The standard InChI is InChI=1S/C13H16N2O5/c1-8-3-2-4-9(5-8)12(18)15-7-11(17)14-6-10(16)13(19)20/h2-5,10,16H,6-7H2,1H3,(H,14,17)(H,15,18)(H,19,20). The van der Waals surface area contributed by atoms with Gasteiger partial charge in [0.1, 0.15) is 0 Å². The van der Waals surface area contributed by atoms with Crippen LogP contribution in [0.3, 0.4) is 0 Å². The number of carboxylic acid groups (broad SMARTS) is 1. The molecular formula is C13H16N2O5. The average molecular weight is 280 g/mol. The van der Waals surface area contributed by atoms with Gasteiger partial charge in [-0.05, 0) is 19.1 Å². The van der Waals surface area contributed by atoms with E-state index in [0.717, 1.165) is 5.56 Å². The van der Waals surface area contributed by atoms with Crippen LogP contribution < -0.4 is 10.6 Å². The third-order valence-electron chi connectivity index (χ3n) is 2.47. The smallest absolute Gasteiger partial charge is 0.334 e. The van der Waals surface area contributed by atoms with Crippen molar-refractivity contribution in [2.24, 2.45) is 0 Å². The number of rotatable bonds is 6. The first kappa shape index (κ1) is 15.6. The van der Waals surface area contributed by atoms with Gasteiger partial charge in [-0.3, -0.25) is 9.59 Å². The lowest BCUT2D eigenvalue weighted by Crippen LogP contribution is -2.41. The number of carboxylic acids is 1. The van der Waals surface area contributed by atoms with Crippen molar-refractivity contribution < 1.29 is 24.6 Å². The molecule has 7 nitrogen and oxygen atoms in total. The maximum absolute atomic E-state index is 11.7. The van der Waals surface area contributed by atoms with E-state index in [0.29, 0.717) is 5.56 Å². The molecule has 0 aliphatic carbocycles. The Kier molecular flexibility index (Phi) is 5.67. The molecule has 1 atom stereocenters. The maximum atomic E-state index is 11.7. The van der Waals surface area contributed by atoms with Crippen molar-refractivity contribution in [1.82, 2.24) is 10.6 Å². The second kappa shape index (κ2) is 7.25. The summed E-state index contributed by atoms with van der Waals surface area (Å²) >= 11 is 0. The summed E-state index contributed by atoms with van der Waals surface area (Å²) in [6.07, 6.45) is -1.66. The van der Waals surface area contributed by atoms with Crippen molar-refractivity contribution in [2.75, 3.05) is 13.1 Å². The minimum absolute atomic E-state index is 0.293. The maximum Gasteiger partial charge on any atom is 0.334 e. The Labute approximate surface area is 115 Å². The van der Waals surface area contributed by atoms with Gasteiger partial charge in [0.2, 0.25) is 5.91 Å². The Morgan fingerprint density at radius 1 is 1.25 bits per heavy atom. The van der Waals surface area contributed by atoms with Crippen LogP contribution in [-0.2, 0) is 9.59 Å². The van der Waals surface area contributed by atoms with Crippen molar-refractivity contribution in [3.63, 3.8) is 0 Å². The van der Waals surface area contributed by atoms with Crippen LogP contribution >= 0.6 is 0 Å². The van der Waals surface area contributed by atoms with Crippen molar-refractivity contribution >= 4 is 17.8 Å². The minimum atomic E-state index is -1.66. The normalized spacial score (nSPS) is 11.5. The molecule has 108 valence electrons. The molecule has 1 aromatic carbocycles. The SMILES string of the molecule is Cc1cccc(C(=O)NCC(=O)NCC(O)C(=O)O)c1. The molecule has 0 radical (unpaired) electrons. The Balaban J connectivity index is 2.37. The summed E-state index contributed by atoms with van der Waals surface area (Å²) in [7, 11) is 0. The molecule has 0 heterocycles. The van der Waals surface area contributed by atoms with E-state index in [1.165, 1.54) is 0 Å². The van der Waals surface area contributed by atoms with Gasteiger partial charge in [0, 0.05) is 5.56 Å². The number of amides is 2. The van der Waals surface area contributed by atoms with Crippen molar-refractivity contribution in [1.29, 1.82) is 0 Å². The number of aryl methyl sites for hydroxylation is 1. The van der Waals surface area contributed by atoms with Gasteiger partial charge in [-0.15, -0.1) is 0 Å². The molecule has 0 saturated heterocycles. The van der Waals surface area contributed by atoms with E-state index in [1.807, 2.05) is 13.0 Å². The van der Waals surface area contributed by atoms with Crippen LogP contribution in [0, 0.1) is 6.92 Å². The first-order valence-corrected chi connectivity index (χ1v) is 5.92. The van der Waals surface area contributed by atoms with Gasteiger partial charge >= 0.3 is 5.97 Å². The lowest BCUT2D eigenvalue weighted by atomic mass is 10.1. The summed E-state index contributed by atoms with van der Waals surface area (Å²) in [6.45, 7) is 1.14. The molecule has 20 heavy (non-hydrogen) atoms. The Hall–Kier alpha value is -2.41. The summed E-state index contributed by atoms with van der Waals surface area (Å²) in [6, 6.07) is 6.88. The summed E-state index contributed by atoms with van der Waals surface area (Å²) in [4.78, 5) is 33.4. The molecule has 2 amide bonds. The lowest BCUT2D eigenvalue weighted by molar-refractivity contribution is -0.146. The van der Waals surface area contributed by atoms with Gasteiger partial charge in [0.05, 0.1) is 13.1 Å². The molecular weight excluding hydrogens is 264 g/mol. The quantitative estimate of drug-likeness (QED) is 0.549. The Bertz CT molecular complexity index is 515. The molecule has 0 fully saturated rings. The number of hydrogen-bond donors (Lipinski definition) is 4. The molecule has 0 aromatic heterocycles. The number of carbonyl (C=O) groups is 3. The number of aliphatic hydroxyl groups is 1. The summed E-state index contributed by atoms with van der Waals surface area (Å²) in [5.74, 6) is -2.40.